The van der Waals surface area contributed by atoms with Crippen molar-refractivity contribution in [1.82, 2.24) is 15.0 Å². The molecule has 1 aromatic carbocycles. The number of nitrogens with one attached hydrogen (secondary N) is 1. The van der Waals surface area contributed by atoms with Gasteiger partial charge in [-0.25, -0.2) is 15.0 Å². The minimum absolute atomic E-state index is 0.662. The molecule has 1 fully saturated rings. The molecule has 4 rings (SSSR count). The summed E-state index contributed by atoms with van der Waals surface area (Å²) in [5.41, 5.74) is 0.966. The Morgan fingerprint density at radius 1 is 0.893 bits per heavy atom. The number of rotatable bonds is 6. The Morgan fingerprint density at radius 3 is 2.32 bits per heavy atom. The van der Waals surface area contributed by atoms with E-state index in [1.165, 1.54) is 0 Å². The number of anilines is 4. The van der Waals surface area contributed by atoms with E-state index < -0.39 is 0 Å². The van der Waals surface area contributed by atoms with Crippen molar-refractivity contribution < 1.29 is 4.74 Å². The van der Waals surface area contributed by atoms with Crippen LogP contribution < -0.4 is 19.9 Å². The Bertz CT molecular complexity index is 879. The molecule has 0 spiro atoms. The van der Waals surface area contributed by atoms with E-state index in [2.05, 4.69) is 36.1 Å². The van der Waals surface area contributed by atoms with Crippen LogP contribution in [0.3, 0.4) is 0 Å². The third-order valence-electron chi connectivity index (χ3n) is 4.67. The van der Waals surface area contributed by atoms with Gasteiger partial charge in [0, 0.05) is 44.1 Å². The second kappa shape index (κ2) is 8.56. The molecule has 0 radical (unpaired) electrons. The molecule has 1 N–H and O–H groups in total. The van der Waals surface area contributed by atoms with Crippen LogP contribution in [0.4, 0.5) is 23.1 Å². The van der Waals surface area contributed by atoms with E-state index >= 15 is 0 Å². The van der Waals surface area contributed by atoms with Crippen LogP contribution in [-0.2, 0) is 0 Å². The highest BCUT2D eigenvalue weighted by Crippen LogP contribution is 2.22. The van der Waals surface area contributed by atoms with Crippen molar-refractivity contribution in [3.8, 4) is 5.75 Å². The van der Waals surface area contributed by atoms with Crippen LogP contribution in [0.15, 0.2) is 61.1 Å². The Kier molecular flexibility index (Phi) is 5.51. The third-order valence-corrected chi connectivity index (χ3v) is 4.67. The van der Waals surface area contributed by atoms with Crippen LogP contribution in [0.1, 0.15) is 6.92 Å². The number of pyridine rings is 1. The van der Waals surface area contributed by atoms with Crippen LogP contribution >= 0.6 is 0 Å². The molecule has 0 aliphatic carbocycles. The molecule has 0 saturated carbocycles. The number of piperazine rings is 1. The quantitative estimate of drug-likeness (QED) is 0.708. The fourth-order valence-corrected chi connectivity index (χ4v) is 3.24. The van der Waals surface area contributed by atoms with Gasteiger partial charge in [-0.15, -0.1) is 0 Å². The van der Waals surface area contributed by atoms with Gasteiger partial charge in [0.1, 0.15) is 29.5 Å². The lowest BCUT2D eigenvalue weighted by Crippen LogP contribution is -2.47. The fraction of sp³-hybridized carbons (Fsp3) is 0.286. The van der Waals surface area contributed by atoms with E-state index in [1.807, 2.05) is 55.6 Å². The van der Waals surface area contributed by atoms with Crippen LogP contribution in [0, 0.1) is 0 Å². The summed E-state index contributed by atoms with van der Waals surface area (Å²) in [5, 5.41) is 3.33. The summed E-state index contributed by atoms with van der Waals surface area (Å²) in [7, 11) is 0. The van der Waals surface area contributed by atoms with E-state index in [0.29, 0.717) is 6.61 Å². The summed E-state index contributed by atoms with van der Waals surface area (Å²) in [4.78, 5) is 17.8. The zero-order chi connectivity index (χ0) is 19.2. The van der Waals surface area contributed by atoms with Crippen LogP contribution in [0.2, 0.25) is 0 Å². The van der Waals surface area contributed by atoms with Crippen molar-refractivity contribution >= 4 is 23.1 Å². The van der Waals surface area contributed by atoms with E-state index in [1.54, 1.807) is 6.33 Å². The molecule has 0 bridgehead atoms. The smallest absolute Gasteiger partial charge is 0.135 e. The van der Waals surface area contributed by atoms with E-state index in [0.717, 1.165) is 55.1 Å². The van der Waals surface area contributed by atoms with Gasteiger partial charge in [-0.1, -0.05) is 6.07 Å². The van der Waals surface area contributed by atoms with Crippen molar-refractivity contribution in [3.63, 3.8) is 0 Å². The van der Waals surface area contributed by atoms with Crippen LogP contribution in [0.25, 0.3) is 0 Å². The molecule has 3 heterocycles. The second-order valence-corrected chi connectivity index (χ2v) is 6.51. The van der Waals surface area contributed by atoms with Gasteiger partial charge in [0.05, 0.1) is 6.61 Å². The lowest BCUT2D eigenvalue weighted by Gasteiger charge is -2.36. The Morgan fingerprint density at radius 2 is 1.64 bits per heavy atom. The summed E-state index contributed by atoms with van der Waals surface area (Å²) < 4.78 is 5.48. The molecule has 7 nitrogen and oxygen atoms in total. The number of hydrogen-bond donors (Lipinski definition) is 1. The average Bonchev–Trinajstić information content (AvgIpc) is 2.76. The summed E-state index contributed by atoms with van der Waals surface area (Å²) in [5.74, 6) is 3.61. The van der Waals surface area contributed by atoms with Gasteiger partial charge >= 0.3 is 0 Å². The molecule has 0 amide bonds. The van der Waals surface area contributed by atoms with Crippen LogP contribution in [0.5, 0.6) is 5.75 Å². The van der Waals surface area contributed by atoms with Crippen LogP contribution in [-0.4, -0.2) is 47.7 Å². The zero-order valence-corrected chi connectivity index (χ0v) is 16.0. The molecule has 0 atom stereocenters. The molecule has 7 heteroatoms. The molecule has 1 aliphatic rings. The summed E-state index contributed by atoms with van der Waals surface area (Å²) in [6.45, 7) is 6.28. The molecule has 1 aliphatic heterocycles. The minimum Gasteiger partial charge on any atom is -0.494 e. The predicted molar refractivity (Wildman–Crippen MR) is 112 cm³/mol. The summed E-state index contributed by atoms with van der Waals surface area (Å²) in [6, 6.07) is 15.9. The molecular weight excluding hydrogens is 352 g/mol. The maximum absolute atomic E-state index is 5.48. The normalized spacial score (nSPS) is 14.0. The topological polar surface area (TPSA) is 66.4 Å². The molecule has 3 aromatic rings. The Hall–Kier alpha value is -3.35. The number of aromatic nitrogens is 3. The molecule has 0 unspecified atom stereocenters. The summed E-state index contributed by atoms with van der Waals surface area (Å²) >= 11 is 0. The molecule has 1 saturated heterocycles. The Labute approximate surface area is 165 Å². The number of benzene rings is 1. The third kappa shape index (κ3) is 4.31. The minimum atomic E-state index is 0.662. The fourth-order valence-electron chi connectivity index (χ4n) is 3.24. The van der Waals surface area contributed by atoms with Crippen molar-refractivity contribution in [1.29, 1.82) is 0 Å². The maximum atomic E-state index is 5.48. The highest BCUT2D eigenvalue weighted by atomic mass is 16.5. The highest BCUT2D eigenvalue weighted by molar-refractivity contribution is 5.60. The number of hydrogen-bond acceptors (Lipinski definition) is 7. The molecule has 28 heavy (non-hydrogen) atoms. The van der Waals surface area contributed by atoms with E-state index in [9.17, 15) is 0 Å². The van der Waals surface area contributed by atoms with Crippen molar-refractivity contribution in [2.75, 3.05) is 47.9 Å². The second-order valence-electron chi connectivity index (χ2n) is 6.51. The molecular formula is C21H24N6O. The monoisotopic (exact) mass is 376 g/mol. The zero-order valence-electron chi connectivity index (χ0n) is 16.0. The summed E-state index contributed by atoms with van der Waals surface area (Å²) in [6.07, 6.45) is 3.45. The van der Waals surface area contributed by atoms with Gasteiger partial charge in [-0.3, -0.25) is 0 Å². The maximum Gasteiger partial charge on any atom is 0.135 e. The molecule has 2 aromatic heterocycles. The average molecular weight is 376 g/mol. The number of nitrogens with zero attached hydrogens (tertiary/aromatic N) is 5. The van der Waals surface area contributed by atoms with Crippen molar-refractivity contribution in [2.45, 2.75) is 6.92 Å². The lowest BCUT2D eigenvalue weighted by atomic mass is 10.3. The van der Waals surface area contributed by atoms with E-state index in [-0.39, 0.29) is 0 Å². The van der Waals surface area contributed by atoms with Gasteiger partial charge in [-0.2, -0.15) is 0 Å². The van der Waals surface area contributed by atoms with Gasteiger partial charge in [0.2, 0.25) is 0 Å². The lowest BCUT2D eigenvalue weighted by molar-refractivity contribution is 0.340. The van der Waals surface area contributed by atoms with Crippen molar-refractivity contribution in [2.24, 2.45) is 0 Å². The van der Waals surface area contributed by atoms with Gasteiger partial charge in [0.15, 0.2) is 0 Å². The first-order valence-electron chi connectivity index (χ1n) is 9.54. The first-order valence-corrected chi connectivity index (χ1v) is 9.54. The largest absolute Gasteiger partial charge is 0.494 e. The number of ether oxygens (including phenoxy) is 1. The van der Waals surface area contributed by atoms with Gasteiger partial charge in [0.25, 0.3) is 0 Å². The Balaban J connectivity index is 1.39. The SMILES string of the molecule is CCOc1ccc(Nc2cc(N3CCN(c4ccccn4)CC3)ncn2)cc1. The highest BCUT2D eigenvalue weighted by Gasteiger charge is 2.19. The van der Waals surface area contributed by atoms with Crippen molar-refractivity contribution in [3.05, 3.63) is 61.1 Å². The molecule has 144 valence electrons. The first-order chi connectivity index (χ1) is 13.8. The predicted octanol–water partition coefficient (Wildman–Crippen LogP) is 3.34. The first kappa shape index (κ1) is 18.0. The van der Waals surface area contributed by atoms with Gasteiger partial charge in [-0.05, 0) is 43.3 Å². The van der Waals surface area contributed by atoms with Gasteiger partial charge < -0.3 is 19.9 Å². The van der Waals surface area contributed by atoms with E-state index in [4.69, 9.17) is 4.74 Å². The standard InChI is InChI=1S/C21H24N6O/c1-2-28-18-8-6-17(7-9-18)25-19-15-21(24-16-23-19)27-13-11-26(12-14-27)20-5-3-4-10-22-20/h3-10,15-16H,2,11-14H2,1H3,(H,23,24,25).